The molecule has 19 heavy (non-hydrogen) atoms. The van der Waals surface area contributed by atoms with Crippen molar-refractivity contribution in [2.45, 2.75) is 45.2 Å². The summed E-state index contributed by atoms with van der Waals surface area (Å²) < 4.78 is 5.39. The third-order valence-corrected chi connectivity index (χ3v) is 4.38. The largest absolute Gasteiger partial charge is 0.383 e. The second kappa shape index (κ2) is 7.06. The molecule has 0 heterocycles. The van der Waals surface area contributed by atoms with Crippen molar-refractivity contribution in [1.82, 2.24) is 5.32 Å². The number of hydrogen-bond donors (Lipinski definition) is 1. The van der Waals surface area contributed by atoms with Gasteiger partial charge in [0.15, 0.2) is 0 Å². The number of rotatable bonds is 5. The van der Waals surface area contributed by atoms with Crippen molar-refractivity contribution in [3.05, 3.63) is 35.9 Å². The fraction of sp³-hybridized carbons (Fsp3) is 0.647. The molecule has 0 radical (unpaired) electrons. The zero-order valence-electron chi connectivity index (χ0n) is 12.4. The minimum atomic E-state index is 0.312. The summed E-state index contributed by atoms with van der Waals surface area (Å²) in [6, 6.07) is 11.6. The second-order valence-corrected chi connectivity index (χ2v) is 6.09. The molecule has 1 aliphatic carbocycles. The Bertz CT molecular complexity index is 365. The summed E-state index contributed by atoms with van der Waals surface area (Å²) in [6.07, 6.45) is 3.97. The molecule has 1 fully saturated rings. The van der Waals surface area contributed by atoms with E-state index in [1.807, 2.05) is 0 Å². The van der Waals surface area contributed by atoms with Crippen LogP contribution in [0.5, 0.6) is 0 Å². The summed E-state index contributed by atoms with van der Waals surface area (Å²) in [6.45, 7) is 5.49. The van der Waals surface area contributed by atoms with Crippen molar-refractivity contribution in [3.63, 3.8) is 0 Å². The van der Waals surface area contributed by atoms with E-state index < -0.39 is 0 Å². The number of ether oxygens (including phenoxy) is 1. The van der Waals surface area contributed by atoms with E-state index in [4.69, 9.17) is 4.74 Å². The van der Waals surface area contributed by atoms with E-state index in [0.717, 1.165) is 18.4 Å². The fourth-order valence-corrected chi connectivity index (χ4v) is 3.26. The maximum Gasteiger partial charge on any atom is 0.0657 e. The van der Waals surface area contributed by atoms with E-state index in [-0.39, 0.29) is 0 Å². The van der Waals surface area contributed by atoms with Gasteiger partial charge < -0.3 is 10.1 Å². The maximum absolute atomic E-state index is 5.39. The van der Waals surface area contributed by atoms with Gasteiger partial charge in [0, 0.05) is 13.2 Å². The fourth-order valence-electron chi connectivity index (χ4n) is 3.26. The Morgan fingerprint density at radius 1 is 1.21 bits per heavy atom. The van der Waals surface area contributed by atoms with Crippen molar-refractivity contribution in [1.29, 1.82) is 0 Å². The van der Waals surface area contributed by atoms with Gasteiger partial charge in [-0.15, -0.1) is 0 Å². The maximum atomic E-state index is 5.39. The lowest BCUT2D eigenvalue weighted by Crippen LogP contribution is -2.42. The molecule has 1 aromatic rings. The van der Waals surface area contributed by atoms with Crippen LogP contribution in [0.1, 0.15) is 44.7 Å². The van der Waals surface area contributed by atoms with E-state index in [1.54, 1.807) is 7.11 Å². The highest BCUT2D eigenvalue weighted by atomic mass is 16.5. The van der Waals surface area contributed by atoms with Crippen LogP contribution < -0.4 is 5.32 Å². The van der Waals surface area contributed by atoms with Gasteiger partial charge in [0.05, 0.1) is 12.6 Å². The van der Waals surface area contributed by atoms with Crippen molar-refractivity contribution in [2.75, 3.05) is 13.7 Å². The van der Waals surface area contributed by atoms with Gasteiger partial charge in [-0.25, -0.2) is 0 Å². The van der Waals surface area contributed by atoms with Crippen LogP contribution in [0.3, 0.4) is 0 Å². The highest BCUT2D eigenvalue weighted by Crippen LogP contribution is 2.30. The monoisotopic (exact) mass is 261 g/mol. The lowest BCUT2D eigenvalue weighted by Gasteiger charge is -2.36. The van der Waals surface area contributed by atoms with Crippen LogP contribution in [0.4, 0.5) is 0 Å². The Hall–Kier alpha value is -0.860. The summed E-state index contributed by atoms with van der Waals surface area (Å²) in [5.74, 6) is 1.64. The predicted octanol–water partition coefficient (Wildman–Crippen LogP) is 3.79. The molecule has 2 rings (SSSR count). The number of nitrogens with one attached hydrogen (secondary N) is 1. The number of benzene rings is 1. The van der Waals surface area contributed by atoms with Gasteiger partial charge in [-0.3, -0.25) is 0 Å². The van der Waals surface area contributed by atoms with Crippen LogP contribution in [-0.2, 0) is 4.74 Å². The first-order valence-corrected chi connectivity index (χ1v) is 7.50. The summed E-state index contributed by atoms with van der Waals surface area (Å²) in [7, 11) is 1.78. The van der Waals surface area contributed by atoms with Gasteiger partial charge >= 0.3 is 0 Å². The molecule has 106 valence electrons. The highest BCUT2D eigenvalue weighted by molar-refractivity contribution is 5.19. The van der Waals surface area contributed by atoms with E-state index in [9.17, 15) is 0 Å². The topological polar surface area (TPSA) is 21.3 Å². The molecule has 0 saturated heterocycles. The Balaban J connectivity index is 2.01. The molecular formula is C17H27NO. The summed E-state index contributed by atoms with van der Waals surface area (Å²) >= 11 is 0. The molecule has 0 amide bonds. The first kappa shape index (κ1) is 14.5. The van der Waals surface area contributed by atoms with Crippen molar-refractivity contribution in [3.8, 4) is 0 Å². The minimum Gasteiger partial charge on any atom is -0.383 e. The first-order chi connectivity index (χ1) is 9.20. The Labute approximate surface area is 117 Å². The van der Waals surface area contributed by atoms with E-state index in [1.165, 1.54) is 24.8 Å². The summed E-state index contributed by atoms with van der Waals surface area (Å²) in [5.41, 5.74) is 1.33. The lowest BCUT2D eigenvalue weighted by atomic mass is 9.79. The van der Waals surface area contributed by atoms with Gasteiger partial charge in [-0.2, -0.15) is 0 Å². The zero-order valence-corrected chi connectivity index (χ0v) is 12.4. The summed E-state index contributed by atoms with van der Waals surface area (Å²) in [5, 5.41) is 3.82. The molecule has 1 aliphatic rings. The second-order valence-electron chi connectivity index (χ2n) is 6.09. The highest BCUT2D eigenvalue weighted by Gasteiger charge is 2.27. The standard InChI is InChI=1S/C17H27NO/c1-13-9-10-16(14(2)11-13)18-17(12-19-3)15-7-5-4-6-8-15/h4-8,13-14,16-18H,9-12H2,1-3H3. The molecule has 1 N–H and O–H groups in total. The molecular weight excluding hydrogens is 234 g/mol. The third-order valence-electron chi connectivity index (χ3n) is 4.38. The third kappa shape index (κ3) is 4.05. The smallest absolute Gasteiger partial charge is 0.0657 e. The summed E-state index contributed by atoms with van der Waals surface area (Å²) in [4.78, 5) is 0. The number of hydrogen-bond acceptors (Lipinski definition) is 2. The van der Waals surface area contributed by atoms with Crippen LogP contribution >= 0.6 is 0 Å². The molecule has 1 aromatic carbocycles. The minimum absolute atomic E-state index is 0.312. The zero-order chi connectivity index (χ0) is 13.7. The predicted molar refractivity (Wildman–Crippen MR) is 80.2 cm³/mol. The van der Waals surface area contributed by atoms with Crippen LogP contribution in [-0.4, -0.2) is 19.8 Å². The van der Waals surface area contributed by atoms with Gasteiger partial charge in [-0.05, 0) is 36.7 Å². The van der Waals surface area contributed by atoms with E-state index in [2.05, 4.69) is 49.5 Å². The molecule has 0 aliphatic heterocycles. The van der Waals surface area contributed by atoms with Crippen LogP contribution in [0.15, 0.2) is 30.3 Å². The molecule has 4 unspecified atom stereocenters. The first-order valence-electron chi connectivity index (χ1n) is 7.50. The molecule has 0 bridgehead atoms. The van der Waals surface area contributed by atoms with Gasteiger partial charge in [-0.1, -0.05) is 44.2 Å². The lowest BCUT2D eigenvalue weighted by molar-refractivity contribution is 0.139. The van der Waals surface area contributed by atoms with E-state index in [0.29, 0.717) is 12.1 Å². The Kier molecular flexibility index (Phi) is 5.41. The average molecular weight is 261 g/mol. The van der Waals surface area contributed by atoms with Crippen molar-refractivity contribution < 1.29 is 4.74 Å². The Morgan fingerprint density at radius 2 is 1.95 bits per heavy atom. The van der Waals surface area contributed by atoms with Gasteiger partial charge in [0.2, 0.25) is 0 Å². The molecule has 0 aromatic heterocycles. The number of methoxy groups -OCH3 is 1. The van der Waals surface area contributed by atoms with Crippen molar-refractivity contribution >= 4 is 0 Å². The van der Waals surface area contributed by atoms with Crippen LogP contribution in [0, 0.1) is 11.8 Å². The molecule has 4 atom stereocenters. The average Bonchev–Trinajstić information content (AvgIpc) is 2.42. The quantitative estimate of drug-likeness (QED) is 0.870. The molecule has 1 saturated carbocycles. The molecule has 2 nitrogen and oxygen atoms in total. The molecule has 2 heteroatoms. The van der Waals surface area contributed by atoms with Crippen LogP contribution in [0.25, 0.3) is 0 Å². The van der Waals surface area contributed by atoms with E-state index >= 15 is 0 Å². The normalized spacial score (nSPS) is 29.1. The van der Waals surface area contributed by atoms with Gasteiger partial charge in [0.1, 0.15) is 0 Å². The molecule has 0 spiro atoms. The van der Waals surface area contributed by atoms with Crippen LogP contribution in [0.2, 0.25) is 0 Å². The van der Waals surface area contributed by atoms with Crippen molar-refractivity contribution in [2.24, 2.45) is 11.8 Å². The SMILES string of the molecule is COCC(NC1CCC(C)CC1C)c1ccccc1. The Morgan fingerprint density at radius 3 is 2.58 bits per heavy atom. The van der Waals surface area contributed by atoms with Gasteiger partial charge in [0.25, 0.3) is 0 Å².